The van der Waals surface area contributed by atoms with Crippen LogP contribution in [0.1, 0.15) is 36.9 Å². The molecule has 0 radical (unpaired) electrons. The van der Waals surface area contributed by atoms with Gasteiger partial charge in [-0.3, -0.25) is 4.79 Å². The molecule has 1 aromatic heterocycles. The third kappa shape index (κ3) is 5.64. The largest absolute Gasteiger partial charge is 0.462 e. The van der Waals surface area contributed by atoms with E-state index in [0.29, 0.717) is 31.6 Å². The molecule has 7 nitrogen and oxygen atoms in total. The number of halogens is 1. The first-order valence-corrected chi connectivity index (χ1v) is 13.8. The van der Waals surface area contributed by atoms with E-state index in [4.69, 9.17) is 26.3 Å². The van der Waals surface area contributed by atoms with Gasteiger partial charge in [0, 0.05) is 49.2 Å². The van der Waals surface area contributed by atoms with E-state index in [1.807, 2.05) is 19.2 Å². The summed E-state index contributed by atoms with van der Waals surface area (Å²) in [5, 5.41) is 2.95. The second kappa shape index (κ2) is 11.7. The number of carbonyl (C=O) groups is 1. The Balaban J connectivity index is 1.43. The Bertz CT molecular complexity index is 1320. The number of hydrogen-bond acceptors (Lipinski definition) is 7. The van der Waals surface area contributed by atoms with Crippen LogP contribution in [0.15, 0.2) is 49.1 Å². The number of hydrogen-bond donors (Lipinski definition) is 0. The van der Waals surface area contributed by atoms with Crippen molar-refractivity contribution in [2.75, 3.05) is 50.1 Å². The van der Waals surface area contributed by atoms with Gasteiger partial charge in [-0.15, -0.1) is 0 Å². The fraction of sp³-hybridized carbons (Fsp3) is 0.433. The number of ketones is 1. The Morgan fingerprint density at radius 2 is 2.05 bits per heavy atom. The van der Waals surface area contributed by atoms with Gasteiger partial charge in [0.15, 0.2) is 5.78 Å². The van der Waals surface area contributed by atoms with Crippen LogP contribution in [0.5, 0.6) is 6.01 Å². The van der Waals surface area contributed by atoms with Crippen LogP contribution in [0.25, 0.3) is 10.8 Å². The number of aromatic nitrogens is 2. The normalized spacial score (nSPS) is 17.4. The fourth-order valence-corrected chi connectivity index (χ4v) is 5.85. The number of rotatable bonds is 10. The Kier molecular flexibility index (Phi) is 8.15. The van der Waals surface area contributed by atoms with Crippen LogP contribution >= 0.6 is 11.6 Å². The van der Waals surface area contributed by atoms with Crippen molar-refractivity contribution in [1.82, 2.24) is 14.9 Å². The van der Waals surface area contributed by atoms with E-state index in [0.717, 1.165) is 77.5 Å². The van der Waals surface area contributed by atoms with Crippen LogP contribution < -0.4 is 14.5 Å². The van der Waals surface area contributed by atoms with Gasteiger partial charge in [0.05, 0.1) is 17.3 Å². The molecular formula is C30H36ClN5O2. The number of allylic oxidation sites excluding steroid dienone is 1. The average molecular weight is 534 g/mol. The molecule has 0 aliphatic carbocycles. The van der Waals surface area contributed by atoms with Crippen LogP contribution in [-0.2, 0) is 17.8 Å². The lowest BCUT2D eigenvalue weighted by molar-refractivity contribution is -0.114. The standard InChI is InChI=1S/C30H36ClN5O2/c1-4-23(37)12-8-17-35(3)29-24-15-18-36(27-14-6-10-21-9-5-13-25(31)28(21)27)19-26(24)32-30(33-29)38-20-22-11-7-16-34(22)2/h4-6,9-10,13-14,22H,1,7-8,11-12,15-20H2,2-3H3/t22-/m0/s1. The summed E-state index contributed by atoms with van der Waals surface area (Å²) in [4.78, 5) is 28.4. The zero-order valence-electron chi connectivity index (χ0n) is 22.3. The van der Waals surface area contributed by atoms with Gasteiger partial charge >= 0.3 is 6.01 Å². The summed E-state index contributed by atoms with van der Waals surface area (Å²) in [5.74, 6) is 0.962. The number of benzene rings is 2. The average Bonchev–Trinajstić information content (AvgIpc) is 3.35. The van der Waals surface area contributed by atoms with Crippen molar-refractivity contribution in [2.45, 2.75) is 44.7 Å². The molecule has 8 heteroatoms. The molecular weight excluding hydrogens is 498 g/mol. The third-order valence-electron chi connectivity index (χ3n) is 7.78. The van der Waals surface area contributed by atoms with Crippen LogP contribution in [0.4, 0.5) is 11.5 Å². The number of nitrogens with zero attached hydrogens (tertiary/aromatic N) is 5. The van der Waals surface area contributed by atoms with Crippen molar-refractivity contribution >= 4 is 39.7 Å². The molecule has 38 heavy (non-hydrogen) atoms. The Hall–Kier alpha value is -3.16. The minimum absolute atomic E-state index is 0.0669. The first-order chi connectivity index (χ1) is 18.4. The minimum atomic E-state index is 0.0669. The first kappa shape index (κ1) is 26.4. The molecule has 3 aromatic rings. The Morgan fingerprint density at radius 1 is 1.24 bits per heavy atom. The van der Waals surface area contributed by atoms with Crippen molar-refractivity contribution in [3.63, 3.8) is 0 Å². The van der Waals surface area contributed by atoms with Crippen molar-refractivity contribution in [3.05, 3.63) is 65.3 Å². The number of fused-ring (bicyclic) bond motifs is 2. The second-order valence-corrected chi connectivity index (χ2v) is 10.7. The molecule has 0 N–H and O–H groups in total. The summed E-state index contributed by atoms with van der Waals surface area (Å²) >= 11 is 6.66. The van der Waals surface area contributed by atoms with Gasteiger partial charge in [-0.05, 0) is 62.9 Å². The first-order valence-electron chi connectivity index (χ1n) is 13.5. The summed E-state index contributed by atoms with van der Waals surface area (Å²) in [5.41, 5.74) is 3.25. The molecule has 2 aliphatic rings. The summed E-state index contributed by atoms with van der Waals surface area (Å²) in [7, 11) is 4.18. The minimum Gasteiger partial charge on any atom is -0.462 e. The summed E-state index contributed by atoms with van der Waals surface area (Å²) in [6.45, 7) is 7.46. The highest BCUT2D eigenvalue weighted by Crippen LogP contribution is 2.36. The third-order valence-corrected chi connectivity index (χ3v) is 8.09. The quantitative estimate of drug-likeness (QED) is 0.328. The molecule has 1 saturated heterocycles. The summed E-state index contributed by atoms with van der Waals surface area (Å²) < 4.78 is 6.21. The predicted octanol–water partition coefficient (Wildman–Crippen LogP) is 5.29. The van der Waals surface area contributed by atoms with Crippen LogP contribution in [-0.4, -0.2) is 67.0 Å². The second-order valence-electron chi connectivity index (χ2n) is 10.3. The van der Waals surface area contributed by atoms with Gasteiger partial charge in [0.25, 0.3) is 0 Å². The van der Waals surface area contributed by atoms with E-state index in [1.165, 1.54) is 12.5 Å². The summed E-state index contributed by atoms with van der Waals surface area (Å²) in [6, 6.07) is 13.2. The smallest absolute Gasteiger partial charge is 0.318 e. The maximum absolute atomic E-state index is 11.7. The molecule has 0 amide bonds. The van der Waals surface area contributed by atoms with Crippen LogP contribution in [0.3, 0.4) is 0 Å². The van der Waals surface area contributed by atoms with Crippen molar-refractivity contribution < 1.29 is 9.53 Å². The lowest BCUT2D eigenvalue weighted by Crippen LogP contribution is -2.34. The topological polar surface area (TPSA) is 61.8 Å². The van der Waals surface area contributed by atoms with Crippen molar-refractivity contribution in [3.8, 4) is 6.01 Å². The maximum Gasteiger partial charge on any atom is 0.318 e. The van der Waals surface area contributed by atoms with E-state index >= 15 is 0 Å². The number of likely N-dealkylation sites (N-methyl/N-ethyl adjacent to an activating group) is 1. The number of carbonyl (C=O) groups excluding carboxylic acids is 1. The molecule has 0 spiro atoms. The fourth-order valence-electron chi connectivity index (χ4n) is 5.57. The van der Waals surface area contributed by atoms with E-state index in [-0.39, 0.29) is 5.78 Å². The molecule has 0 saturated carbocycles. The van der Waals surface area contributed by atoms with Crippen molar-refractivity contribution in [1.29, 1.82) is 0 Å². The van der Waals surface area contributed by atoms with E-state index in [2.05, 4.69) is 52.6 Å². The molecule has 5 rings (SSSR count). The zero-order chi connectivity index (χ0) is 26.6. The maximum atomic E-state index is 11.7. The van der Waals surface area contributed by atoms with Gasteiger partial charge in [-0.25, -0.2) is 0 Å². The monoisotopic (exact) mass is 533 g/mol. The molecule has 2 aromatic carbocycles. The highest BCUT2D eigenvalue weighted by Gasteiger charge is 2.27. The number of likely N-dealkylation sites (tertiary alicyclic amines) is 1. The molecule has 0 bridgehead atoms. The molecule has 2 aliphatic heterocycles. The zero-order valence-corrected chi connectivity index (χ0v) is 23.1. The van der Waals surface area contributed by atoms with Gasteiger partial charge in [0.2, 0.25) is 0 Å². The summed E-state index contributed by atoms with van der Waals surface area (Å²) in [6.07, 6.45) is 5.74. The molecule has 0 unspecified atom stereocenters. The van der Waals surface area contributed by atoms with Gasteiger partial charge in [0.1, 0.15) is 12.4 Å². The molecule has 1 atom stereocenters. The van der Waals surface area contributed by atoms with E-state index < -0.39 is 0 Å². The van der Waals surface area contributed by atoms with Gasteiger partial charge in [-0.2, -0.15) is 9.97 Å². The SMILES string of the molecule is C=CC(=O)CCCN(C)c1nc(OC[C@@H]2CCCN2C)nc2c1CCN(c1cccc3cccc(Cl)c13)C2. The van der Waals surface area contributed by atoms with Crippen LogP contribution in [0.2, 0.25) is 5.02 Å². The number of anilines is 2. The molecule has 200 valence electrons. The number of ether oxygens (including phenoxy) is 1. The Morgan fingerprint density at radius 3 is 2.82 bits per heavy atom. The van der Waals surface area contributed by atoms with E-state index in [9.17, 15) is 4.79 Å². The molecule has 1 fully saturated rings. The van der Waals surface area contributed by atoms with Crippen molar-refractivity contribution in [2.24, 2.45) is 0 Å². The molecule has 3 heterocycles. The lowest BCUT2D eigenvalue weighted by Gasteiger charge is -2.33. The van der Waals surface area contributed by atoms with Gasteiger partial charge < -0.3 is 19.4 Å². The van der Waals surface area contributed by atoms with Crippen LogP contribution in [0, 0.1) is 0 Å². The highest BCUT2D eigenvalue weighted by molar-refractivity contribution is 6.36. The highest BCUT2D eigenvalue weighted by atomic mass is 35.5. The lowest BCUT2D eigenvalue weighted by atomic mass is 10.0. The predicted molar refractivity (Wildman–Crippen MR) is 155 cm³/mol. The van der Waals surface area contributed by atoms with E-state index in [1.54, 1.807) is 0 Å². The van der Waals surface area contributed by atoms with Gasteiger partial charge in [-0.1, -0.05) is 42.4 Å². The Labute approximate surface area is 230 Å².